The van der Waals surface area contributed by atoms with Crippen molar-refractivity contribution in [1.29, 1.82) is 0 Å². The third-order valence-corrected chi connectivity index (χ3v) is 8.11. The highest BCUT2D eigenvalue weighted by atomic mass is 32.2. The molecule has 0 saturated carbocycles. The number of ether oxygens (including phenoxy) is 1. The Hall–Kier alpha value is -3.22. The van der Waals surface area contributed by atoms with E-state index in [1.54, 1.807) is 17.7 Å². The minimum absolute atomic E-state index is 0.0000309. The molecule has 9 nitrogen and oxygen atoms in total. The molecule has 1 amide bonds. The molecule has 36 heavy (non-hydrogen) atoms. The van der Waals surface area contributed by atoms with Gasteiger partial charge >= 0.3 is 6.61 Å². The van der Waals surface area contributed by atoms with Gasteiger partial charge in [0, 0.05) is 29.4 Å². The van der Waals surface area contributed by atoms with Crippen molar-refractivity contribution in [2.75, 3.05) is 11.5 Å². The number of hydrogen-bond donors (Lipinski definition) is 1. The first kappa shape index (κ1) is 25.9. The van der Waals surface area contributed by atoms with Crippen LogP contribution in [0.4, 0.5) is 13.2 Å². The molecule has 1 aliphatic heterocycles. The minimum Gasteiger partial charge on any atom is -0.417 e. The molecular weight excluding hydrogens is 499 g/mol. The highest BCUT2D eigenvalue weighted by Crippen LogP contribution is 2.33. The van der Waals surface area contributed by atoms with Crippen molar-refractivity contribution in [3.05, 3.63) is 35.9 Å². The third-order valence-electron chi connectivity index (χ3n) is 6.46. The van der Waals surface area contributed by atoms with Crippen LogP contribution in [0.3, 0.4) is 0 Å². The van der Waals surface area contributed by atoms with Gasteiger partial charge in [0.15, 0.2) is 5.82 Å². The Morgan fingerprint density at radius 2 is 1.92 bits per heavy atom. The Balaban J connectivity index is 1.73. The van der Waals surface area contributed by atoms with Crippen molar-refractivity contribution < 1.29 is 31.1 Å². The maximum absolute atomic E-state index is 14.7. The second kappa shape index (κ2) is 9.68. The Morgan fingerprint density at radius 3 is 2.56 bits per heavy atom. The van der Waals surface area contributed by atoms with E-state index in [0.29, 0.717) is 24.8 Å². The summed E-state index contributed by atoms with van der Waals surface area (Å²) in [6.45, 7) is 2.50. The summed E-state index contributed by atoms with van der Waals surface area (Å²) < 4.78 is 69.5. The van der Waals surface area contributed by atoms with E-state index in [0.717, 1.165) is 12.3 Å². The minimum atomic E-state index is -3.13. The number of rotatable bonds is 7. The molecule has 1 N–H and O–H groups in total. The zero-order chi connectivity index (χ0) is 26.3. The molecule has 4 rings (SSSR count). The summed E-state index contributed by atoms with van der Waals surface area (Å²) in [5, 5.41) is 7.42. The predicted octanol–water partition coefficient (Wildman–Crippen LogP) is 3.90. The number of nitrogens with zero attached hydrogens (tertiary/aromatic N) is 4. The van der Waals surface area contributed by atoms with Gasteiger partial charge in [-0.05, 0) is 39.2 Å². The van der Waals surface area contributed by atoms with Gasteiger partial charge < -0.3 is 10.1 Å². The van der Waals surface area contributed by atoms with Gasteiger partial charge in [-0.3, -0.25) is 14.5 Å². The van der Waals surface area contributed by atoms with Gasteiger partial charge in [-0.1, -0.05) is 6.92 Å². The quantitative estimate of drug-likeness (QED) is 0.497. The molecule has 0 radical (unpaired) electrons. The highest BCUT2D eigenvalue weighted by molar-refractivity contribution is 7.91. The van der Waals surface area contributed by atoms with Gasteiger partial charge in [0.1, 0.15) is 21.0 Å². The van der Waals surface area contributed by atoms with Crippen LogP contribution in [0.5, 0.6) is 5.88 Å². The summed E-state index contributed by atoms with van der Waals surface area (Å²) in [6.07, 6.45) is 3.36. The number of carbonyl (C=O) groups excluding carboxylic acids is 1. The first-order chi connectivity index (χ1) is 16.9. The van der Waals surface area contributed by atoms with E-state index in [-0.39, 0.29) is 39.9 Å². The third kappa shape index (κ3) is 5.30. The van der Waals surface area contributed by atoms with Gasteiger partial charge in [0.05, 0.1) is 28.8 Å². The van der Waals surface area contributed by atoms with Crippen LogP contribution in [0.2, 0.25) is 0 Å². The average Bonchev–Trinajstić information content (AvgIpc) is 3.20. The van der Waals surface area contributed by atoms with Crippen LogP contribution in [0.1, 0.15) is 56.4 Å². The molecule has 3 aromatic rings. The Kier molecular flexibility index (Phi) is 6.95. The number of amides is 1. The SMILES string of the molecule is CC[C@H](C)n1nc(-c2cc(OC(F)F)ncc2F)c2ncc(C(=O)NC3(C)CCS(=O)(=O)CC3)cc21. The van der Waals surface area contributed by atoms with E-state index < -0.39 is 39.6 Å². The molecule has 1 atom stereocenters. The normalized spacial score (nSPS) is 17.8. The second-order valence-electron chi connectivity index (χ2n) is 9.19. The molecule has 1 saturated heterocycles. The Labute approximate surface area is 206 Å². The zero-order valence-electron chi connectivity index (χ0n) is 20.0. The lowest BCUT2D eigenvalue weighted by Crippen LogP contribution is -2.50. The van der Waals surface area contributed by atoms with Gasteiger partial charge in [-0.25, -0.2) is 17.8 Å². The summed E-state index contributed by atoms with van der Waals surface area (Å²) in [7, 11) is -3.10. The lowest BCUT2D eigenvalue weighted by Gasteiger charge is -2.34. The standard InChI is InChI=1S/C23H26F3N5O4S/c1-4-13(2)31-17-9-14(21(32)29-23(3)5-7-36(33,34)8-6-23)11-28-20(17)19(30-31)15-10-18(35-22(25)26)27-12-16(15)24/h9-13,22H,4-8H2,1-3H3,(H,29,32)/t13-/m0/s1. The van der Waals surface area contributed by atoms with E-state index in [9.17, 15) is 26.4 Å². The molecular formula is C23H26F3N5O4S. The number of hydrogen-bond acceptors (Lipinski definition) is 7. The lowest BCUT2D eigenvalue weighted by molar-refractivity contribution is -0.0528. The van der Waals surface area contributed by atoms with Crippen LogP contribution in [-0.4, -0.2) is 57.7 Å². The molecule has 13 heteroatoms. The van der Waals surface area contributed by atoms with Gasteiger partial charge in [-0.2, -0.15) is 13.9 Å². The second-order valence-corrected chi connectivity index (χ2v) is 11.5. The van der Waals surface area contributed by atoms with Crippen LogP contribution in [0, 0.1) is 5.82 Å². The van der Waals surface area contributed by atoms with Crippen molar-refractivity contribution in [1.82, 2.24) is 25.1 Å². The van der Waals surface area contributed by atoms with E-state index >= 15 is 0 Å². The van der Waals surface area contributed by atoms with E-state index in [1.807, 2.05) is 13.8 Å². The van der Waals surface area contributed by atoms with Gasteiger partial charge in [0.25, 0.3) is 5.91 Å². The smallest absolute Gasteiger partial charge is 0.388 e. The Bertz CT molecular complexity index is 1400. The Morgan fingerprint density at radius 1 is 1.22 bits per heavy atom. The topological polar surface area (TPSA) is 116 Å². The molecule has 3 aromatic heterocycles. The fourth-order valence-corrected chi connectivity index (χ4v) is 5.78. The van der Waals surface area contributed by atoms with E-state index in [2.05, 4.69) is 25.1 Å². The monoisotopic (exact) mass is 525 g/mol. The summed E-state index contributed by atoms with van der Waals surface area (Å²) in [5.41, 5.74) is 0.255. The van der Waals surface area contributed by atoms with Crippen molar-refractivity contribution in [3.63, 3.8) is 0 Å². The van der Waals surface area contributed by atoms with Crippen LogP contribution in [-0.2, 0) is 9.84 Å². The molecule has 1 fully saturated rings. The number of pyridine rings is 2. The van der Waals surface area contributed by atoms with E-state index in [4.69, 9.17) is 0 Å². The van der Waals surface area contributed by atoms with Crippen molar-refractivity contribution in [2.24, 2.45) is 0 Å². The molecule has 0 unspecified atom stereocenters. The number of alkyl halides is 2. The van der Waals surface area contributed by atoms with Crippen molar-refractivity contribution in [3.8, 4) is 17.1 Å². The number of halogens is 3. The van der Waals surface area contributed by atoms with Crippen LogP contribution < -0.4 is 10.1 Å². The molecule has 0 bridgehead atoms. The first-order valence-corrected chi connectivity index (χ1v) is 13.3. The van der Waals surface area contributed by atoms with Crippen LogP contribution in [0.25, 0.3) is 22.3 Å². The maximum atomic E-state index is 14.7. The van der Waals surface area contributed by atoms with Crippen molar-refractivity contribution in [2.45, 2.75) is 58.2 Å². The lowest BCUT2D eigenvalue weighted by atomic mass is 9.94. The van der Waals surface area contributed by atoms with Crippen LogP contribution in [0.15, 0.2) is 24.5 Å². The number of fused-ring (bicyclic) bond motifs is 1. The summed E-state index contributed by atoms with van der Waals surface area (Å²) in [4.78, 5) is 21.0. The van der Waals surface area contributed by atoms with E-state index in [1.165, 1.54) is 6.20 Å². The fraction of sp³-hybridized carbons (Fsp3) is 0.478. The zero-order valence-corrected chi connectivity index (χ0v) is 20.8. The number of aromatic nitrogens is 4. The molecule has 1 aliphatic rings. The number of nitrogens with one attached hydrogen (secondary N) is 1. The molecule has 194 valence electrons. The first-order valence-electron chi connectivity index (χ1n) is 11.4. The fourth-order valence-electron chi connectivity index (χ4n) is 4.05. The average molecular weight is 526 g/mol. The molecule has 0 aromatic carbocycles. The number of carbonyl (C=O) groups is 1. The largest absolute Gasteiger partial charge is 0.417 e. The summed E-state index contributed by atoms with van der Waals surface area (Å²) >= 11 is 0. The summed E-state index contributed by atoms with van der Waals surface area (Å²) in [6, 6.07) is 2.47. The van der Waals surface area contributed by atoms with Crippen LogP contribution >= 0.6 is 0 Å². The van der Waals surface area contributed by atoms with Gasteiger partial charge in [-0.15, -0.1) is 0 Å². The van der Waals surface area contributed by atoms with Gasteiger partial charge in [0.2, 0.25) is 5.88 Å². The van der Waals surface area contributed by atoms with Crippen molar-refractivity contribution >= 4 is 26.8 Å². The molecule has 4 heterocycles. The molecule has 0 spiro atoms. The number of sulfone groups is 1. The highest BCUT2D eigenvalue weighted by Gasteiger charge is 2.35. The molecule has 0 aliphatic carbocycles. The summed E-state index contributed by atoms with van der Waals surface area (Å²) in [5.74, 6) is -1.69. The maximum Gasteiger partial charge on any atom is 0.388 e. The predicted molar refractivity (Wildman–Crippen MR) is 126 cm³/mol.